The molecule has 1 aliphatic heterocycles. The van der Waals surface area contributed by atoms with Crippen molar-refractivity contribution in [2.24, 2.45) is 0 Å². The molecule has 0 radical (unpaired) electrons. The monoisotopic (exact) mass is 537 g/mol. The Morgan fingerprint density at radius 2 is 1.82 bits per heavy atom. The van der Waals surface area contributed by atoms with Crippen LogP contribution in [0, 0.1) is 5.82 Å². The van der Waals surface area contributed by atoms with Gasteiger partial charge in [0.2, 0.25) is 16.0 Å². The lowest BCUT2D eigenvalue weighted by Crippen LogP contribution is -2.46. The number of nitrogens with zero attached hydrogens (tertiary/aromatic N) is 5. The molecule has 200 valence electrons. The van der Waals surface area contributed by atoms with Gasteiger partial charge in [0.15, 0.2) is 0 Å². The van der Waals surface area contributed by atoms with E-state index >= 15 is 4.39 Å². The lowest BCUT2D eigenvalue weighted by Gasteiger charge is -2.35. The number of likely N-dealkylation sites (N-methyl/N-ethyl adjacent to an activating group) is 1. The van der Waals surface area contributed by atoms with Gasteiger partial charge >= 0.3 is 0 Å². The number of sulfonamides is 1. The Morgan fingerprint density at radius 3 is 2.53 bits per heavy atom. The van der Waals surface area contributed by atoms with Crippen LogP contribution in [0.5, 0.6) is 0 Å². The zero-order chi connectivity index (χ0) is 26.9. The molecule has 2 aromatic carbocycles. The van der Waals surface area contributed by atoms with E-state index in [2.05, 4.69) is 37.3 Å². The summed E-state index contributed by atoms with van der Waals surface area (Å²) in [4.78, 5) is 13.7. The van der Waals surface area contributed by atoms with Gasteiger partial charge in [-0.1, -0.05) is 31.2 Å². The Kier molecular flexibility index (Phi) is 7.22. The van der Waals surface area contributed by atoms with Crippen LogP contribution in [0.1, 0.15) is 18.2 Å². The topological polar surface area (TPSA) is 93.7 Å². The van der Waals surface area contributed by atoms with Crippen molar-refractivity contribution in [3.63, 3.8) is 0 Å². The molecule has 38 heavy (non-hydrogen) atoms. The Balaban J connectivity index is 1.39. The molecule has 1 fully saturated rings. The lowest BCUT2D eigenvalue weighted by molar-refractivity contribution is 0.270. The fourth-order valence-electron chi connectivity index (χ4n) is 4.72. The van der Waals surface area contributed by atoms with Crippen molar-refractivity contribution in [3.05, 3.63) is 65.6 Å². The number of hydrogen-bond donors (Lipinski definition) is 2. The highest BCUT2D eigenvalue weighted by molar-refractivity contribution is 7.92. The molecule has 0 bridgehead atoms. The number of para-hydroxylation sites is 2. The maximum Gasteiger partial charge on any atom is 0.232 e. The third-order valence-electron chi connectivity index (χ3n) is 6.98. The van der Waals surface area contributed by atoms with E-state index in [1.807, 2.05) is 24.3 Å². The van der Waals surface area contributed by atoms with E-state index in [4.69, 9.17) is 0 Å². The van der Waals surface area contributed by atoms with Gasteiger partial charge in [-0.2, -0.15) is 4.98 Å². The molecular formula is C27H32FN7O2S. The van der Waals surface area contributed by atoms with Crippen LogP contribution in [0.2, 0.25) is 0 Å². The van der Waals surface area contributed by atoms with Gasteiger partial charge in [0.1, 0.15) is 11.6 Å². The van der Waals surface area contributed by atoms with Gasteiger partial charge < -0.3 is 20.4 Å². The number of fused-ring (bicyclic) bond motifs is 1. The number of hydrogen-bond acceptors (Lipinski definition) is 8. The largest absolute Gasteiger partial charge is 0.367 e. The van der Waals surface area contributed by atoms with E-state index in [0.717, 1.165) is 50.2 Å². The Bertz CT molecular complexity index is 1470. The minimum atomic E-state index is -3.46. The summed E-state index contributed by atoms with van der Waals surface area (Å²) in [5.41, 5.74) is 3.89. The zero-order valence-corrected chi connectivity index (χ0v) is 22.6. The first-order chi connectivity index (χ1) is 18.2. The molecule has 0 atom stereocenters. The number of rotatable bonds is 8. The second kappa shape index (κ2) is 10.6. The van der Waals surface area contributed by atoms with Gasteiger partial charge in [-0.25, -0.2) is 17.8 Å². The number of allylic oxidation sites excluding steroid dienone is 1. The summed E-state index contributed by atoms with van der Waals surface area (Å²) < 4.78 is 40.7. The summed E-state index contributed by atoms with van der Waals surface area (Å²) in [7, 11) is -1.95. The second-order valence-electron chi connectivity index (χ2n) is 9.45. The van der Waals surface area contributed by atoms with Gasteiger partial charge in [-0.05, 0) is 36.9 Å². The van der Waals surface area contributed by atoms with E-state index in [0.29, 0.717) is 40.9 Å². The molecule has 0 spiro atoms. The van der Waals surface area contributed by atoms with E-state index in [-0.39, 0.29) is 5.82 Å². The molecule has 0 amide bonds. The number of nitrogens with one attached hydrogen (secondary N) is 2. The number of benzene rings is 2. The molecule has 5 rings (SSSR count). The molecular weight excluding hydrogens is 505 g/mol. The summed E-state index contributed by atoms with van der Waals surface area (Å²) >= 11 is 0. The number of halogens is 1. The molecule has 1 aromatic heterocycles. The van der Waals surface area contributed by atoms with Crippen LogP contribution in [0.25, 0.3) is 6.08 Å². The summed E-state index contributed by atoms with van der Waals surface area (Å²) in [5.74, 6) is 0.568. The first-order valence-corrected chi connectivity index (χ1v) is 14.5. The van der Waals surface area contributed by atoms with Crippen molar-refractivity contribution in [3.8, 4) is 0 Å². The van der Waals surface area contributed by atoms with E-state index < -0.39 is 10.0 Å². The van der Waals surface area contributed by atoms with Crippen molar-refractivity contribution in [1.29, 1.82) is 0 Å². The van der Waals surface area contributed by atoms with Gasteiger partial charge in [0.05, 0.1) is 29.0 Å². The first-order valence-electron chi connectivity index (χ1n) is 12.6. The van der Waals surface area contributed by atoms with Gasteiger partial charge in [0, 0.05) is 50.9 Å². The fraction of sp³-hybridized carbons (Fsp3) is 0.333. The van der Waals surface area contributed by atoms with Crippen molar-refractivity contribution < 1.29 is 12.8 Å². The van der Waals surface area contributed by atoms with Crippen LogP contribution >= 0.6 is 0 Å². The third kappa shape index (κ3) is 5.44. The van der Waals surface area contributed by atoms with Crippen molar-refractivity contribution in [2.45, 2.75) is 13.3 Å². The van der Waals surface area contributed by atoms with Crippen molar-refractivity contribution in [2.75, 3.05) is 65.9 Å². The molecule has 2 aliphatic rings. The molecule has 2 N–H and O–H groups in total. The minimum absolute atomic E-state index is 0.293. The average Bonchev–Trinajstić information content (AvgIpc) is 3.37. The molecule has 0 unspecified atom stereocenters. The molecule has 1 saturated heterocycles. The molecule has 3 aromatic rings. The lowest BCUT2D eigenvalue weighted by atomic mass is 10.2. The van der Waals surface area contributed by atoms with E-state index in [9.17, 15) is 8.42 Å². The zero-order valence-electron chi connectivity index (χ0n) is 21.8. The normalized spacial score (nSPS) is 15.4. The fourth-order valence-corrected chi connectivity index (χ4v) is 5.24. The SMILES string of the molecule is CCN1CCN(c2ccc(Nc3nc4c(c(Nc5ccccc5N(C)S(C)(=O)=O)n3)C=CC4)cc2F)CC1. The first kappa shape index (κ1) is 25.9. The van der Waals surface area contributed by atoms with Crippen LogP contribution < -0.4 is 19.8 Å². The highest BCUT2D eigenvalue weighted by Crippen LogP contribution is 2.34. The van der Waals surface area contributed by atoms with Gasteiger partial charge in [-0.15, -0.1) is 0 Å². The third-order valence-corrected chi connectivity index (χ3v) is 8.17. The molecule has 11 heteroatoms. The van der Waals surface area contributed by atoms with E-state index in [1.54, 1.807) is 24.3 Å². The van der Waals surface area contributed by atoms with Crippen LogP contribution in [0.15, 0.2) is 48.5 Å². The Hall–Kier alpha value is -3.70. The molecule has 1 aliphatic carbocycles. The standard InChI is InChI=1S/C27H32FN7O2S/c1-4-34-14-16-35(17-15-34)24-13-12-19(18-21(24)28)29-27-31-22-10-7-8-20(22)26(32-27)30-23-9-5-6-11-25(23)33(2)38(3,36)37/h5-9,11-13,18H,4,10,14-17H2,1-3H3,(H2,29,30,31,32). The number of aromatic nitrogens is 2. The predicted molar refractivity (Wildman–Crippen MR) is 152 cm³/mol. The number of piperazine rings is 1. The molecule has 9 nitrogen and oxygen atoms in total. The average molecular weight is 538 g/mol. The van der Waals surface area contributed by atoms with Crippen LogP contribution in [-0.2, 0) is 16.4 Å². The van der Waals surface area contributed by atoms with Gasteiger partial charge in [-0.3, -0.25) is 4.31 Å². The smallest absolute Gasteiger partial charge is 0.232 e. The van der Waals surface area contributed by atoms with Gasteiger partial charge in [0.25, 0.3) is 0 Å². The summed E-state index contributed by atoms with van der Waals surface area (Å²) in [6.45, 7) is 6.58. The maximum atomic E-state index is 15.1. The van der Waals surface area contributed by atoms with Crippen LogP contribution in [-0.4, -0.2) is 69.3 Å². The molecule has 2 heterocycles. The Morgan fingerprint density at radius 1 is 1.05 bits per heavy atom. The van der Waals surface area contributed by atoms with Crippen LogP contribution in [0.4, 0.5) is 38.9 Å². The summed E-state index contributed by atoms with van der Waals surface area (Å²) in [5, 5.41) is 6.44. The van der Waals surface area contributed by atoms with E-state index in [1.165, 1.54) is 17.4 Å². The second-order valence-corrected chi connectivity index (χ2v) is 11.5. The van der Waals surface area contributed by atoms with Crippen molar-refractivity contribution in [1.82, 2.24) is 14.9 Å². The predicted octanol–water partition coefficient (Wildman–Crippen LogP) is 4.21. The quantitative estimate of drug-likeness (QED) is 0.442. The highest BCUT2D eigenvalue weighted by atomic mass is 32.2. The molecule has 0 saturated carbocycles. The number of anilines is 6. The minimum Gasteiger partial charge on any atom is -0.367 e. The highest BCUT2D eigenvalue weighted by Gasteiger charge is 2.21. The Labute approximate surface area is 223 Å². The summed E-state index contributed by atoms with van der Waals surface area (Å²) in [6, 6.07) is 12.2. The van der Waals surface area contributed by atoms with Crippen molar-refractivity contribution >= 4 is 50.6 Å². The summed E-state index contributed by atoms with van der Waals surface area (Å²) in [6.07, 6.45) is 5.74. The maximum absolute atomic E-state index is 15.1. The van der Waals surface area contributed by atoms with Crippen LogP contribution in [0.3, 0.4) is 0 Å².